The number of hydrogen-bond acceptors (Lipinski definition) is 4. The van der Waals surface area contributed by atoms with E-state index in [2.05, 4.69) is 20.9 Å². The molecule has 0 spiro atoms. The average molecular weight is 290 g/mol. The first-order valence-corrected chi connectivity index (χ1v) is 7.24. The Balaban J connectivity index is 1.71. The zero-order chi connectivity index (χ0) is 15.1. The van der Waals surface area contributed by atoms with Crippen LogP contribution in [0, 0.1) is 6.92 Å². The lowest BCUT2D eigenvalue weighted by Gasteiger charge is -2.26. The highest BCUT2D eigenvalue weighted by atomic mass is 16.2. The zero-order valence-corrected chi connectivity index (χ0v) is 12.3. The second kappa shape index (κ2) is 7.75. The lowest BCUT2D eigenvalue weighted by Crippen LogP contribution is -2.47. The van der Waals surface area contributed by atoms with Gasteiger partial charge >= 0.3 is 11.8 Å². The standard InChI is InChI=1S/C15H22N4O2/c1-12-3-2-4-13(11-12)18-15(21)14(20)17-7-10-19-8-5-16-6-9-19/h2-4,11,16H,5-10H2,1H3,(H,17,20)(H,18,21). The minimum Gasteiger partial charge on any atom is -0.347 e. The number of hydrogen-bond donors (Lipinski definition) is 3. The summed E-state index contributed by atoms with van der Waals surface area (Å²) in [4.78, 5) is 25.7. The van der Waals surface area contributed by atoms with E-state index < -0.39 is 11.8 Å². The number of piperazine rings is 1. The molecule has 0 radical (unpaired) electrons. The van der Waals surface area contributed by atoms with E-state index in [0.717, 1.165) is 38.3 Å². The van der Waals surface area contributed by atoms with Gasteiger partial charge in [-0.2, -0.15) is 0 Å². The van der Waals surface area contributed by atoms with E-state index in [4.69, 9.17) is 0 Å². The molecule has 0 bridgehead atoms. The van der Waals surface area contributed by atoms with Gasteiger partial charge in [-0.15, -0.1) is 0 Å². The van der Waals surface area contributed by atoms with E-state index in [1.807, 2.05) is 25.1 Å². The summed E-state index contributed by atoms with van der Waals surface area (Å²) in [5.74, 6) is -1.22. The van der Waals surface area contributed by atoms with Crippen molar-refractivity contribution >= 4 is 17.5 Å². The van der Waals surface area contributed by atoms with E-state index in [1.54, 1.807) is 6.07 Å². The van der Waals surface area contributed by atoms with Gasteiger partial charge in [0.15, 0.2) is 0 Å². The van der Waals surface area contributed by atoms with Crippen LogP contribution in [0.15, 0.2) is 24.3 Å². The molecule has 0 aliphatic carbocycles. The quantitative estimate of drug-likeness (QED) is 0.680. The number of aryl methyl sites for hydroxylation is 1. The third kappa shape index (κ3) is 5.17. The molecule has 0 unspecified atom stereocenters. The van der Waals surface area contributed by atoms with Crippen LogP contribution >= 0.6 is 0 Å². The molecule has 1 aromatic carbocycles. The van der Waals surface area contributed by atoms with Crippen molar-refractivity contribution < 1.29 is 9.59 Å². The normalized spacial score (nSPS) is 15.5. The number of benzene rings is 1. The van der Waals surface area contributed by atoms with E-state index in [0.29, 0.717) is 12.2 Å². The Hall–Kier alpha value is -1.92. The Kier molecular flexibility index (Phi) is 5.71. The van der Waals surface area contributed by atoms with Crippen LogP contribution in [0.25, 0.3) is 0 Å². The fourth-order valence-corrected chi connectivity index (χ4v) is 2.25. The summed E-state index contributed by atoms with van der Waals surface area (Å²) in [5.41, 5.74) is 1.67. The molecule has 1 aromatic rings. The van der Waals surface area contributed by atoms with Crippen LogP contribution in [0.4, 0.5) is 5.69 Å². The molecule has 0 saturated carbocycles. The molecule has 1 aliphatic rings. The minimum absolute atomic E-state index is 0.486. The van der Waals surface area contributed by atoms with Gasteiger partial charge in [0.25, 0.3) is 0 Å². The molecule has 1 saturated heterocycles. The predicted molar refractivity (Wildman–Crippen MR) is 82.1 cm³/mol. The second-order valence-corrected chi connectivity index (χ2v) is 5.17. The summed E-state index contributed by atoms with van der Waals surface area (Å²) in [5, 5.41) is 8.52. The second-order valence-electron chi connectivity index (χ2n) is 5.17. The van der Waals surface area contributed by atoms with Crippen molar-refractivity contribution in [3.63, 3.8) is 0 Å². The van der Waals surface area contributed by atoms with Gasteiger partial charge in [0.05, 0.1) is 0 Å². The molecule has 21 heavy (non-hydrogen) atoms. The van der Waals surface area contributed by atoms with Gasteiger partial charge in [-0.1, -0.05) is 12.1 Å². The molecule has 114 valence electrons. The Morgan fingerprint density at radius 1 is 1.24 bits per heavy atom. The van der Waals surface area contributed by atoms with E-state index in [9.17, 15) is 9.59 Å². The molecule has 6 heteroatoms. The van der Waals surface area contributed by atoms with Crippen LogP contribution in [-0.2, 0) is 9.59 Å². The number of rotatable bonds is 4. The van der Waals surface area contributed by atoms with Crippen molar-refractivity contribution in [1.82, 2.24) is 15.5 Å². The highest BCUT2D eigenvalue weighted by molar-refractivity contribution is 6.39. The van der Waals surface area contributed by atoms with Crippen molar-refractivity contribution in [2.24, 2.45) is 0 Å². The fourth-order valence-electron chi connectivity index (χ4n) is 2.25. The van der Waals surface area contributed by atoms with Crippen molar-refractivity contribution in [1.29, 1.82) is 0 Å². The lowest BCUT2D eigenvalue weighted by molar-refractivity contribution is -0.136. The maximum Gasteiger partial charge on any atom is 0.313 e. The molecule has 0 atom stereocenters. The van der Waals surface area contributed by atoms with Gasteiger partial charge < -0.3 is 16.0 Å². The van der Waals surface area contributed by atoms with Crippen LogP contribution in [0.5, 0.6) is 0 Å². The van der Waals surface area contributed by atoms with Gasteiger partial charge in [-0.3, -0.25) is 14.5 Å². The first-order chi connectivity index (χ1) is 10.1. The Labute approximate surface area is 124 Å². The van der Waals surface area contributed by atoms with E-state index >= 15 is 0 Å². The summed E-state index contributed by atoms with van der Waals surface area (Å²) >= 11 is 0. The van der Waals surface area contributed by atoms with Crippen molar-refractivity contribution in [2.45, 2.75) is 6.92 Å². The molecule has 1 fully saturated rings. The Morgan fingerprint density at radius 2 is 2.00 bits per heavy atom. The molecule has 2 amide bonds. The summed E-state index contributed by atoms with van der Waals surface area (Å²) in [6, 6.07) is 7.36. The molecule has 3 N–H and O–H groups in total. The number of nitrogens with zero attached hydrogens (tertiary/aromatic N) is 1. The Bertz CT molecular complexity index is 498. The average Bonchev–Trinajstić information content (AvgIpc) is 2.48. The first kappa shape index (κ1) is 15.5. The molecule has 0 aromatic heterocycles. The third-order valence-electron chi connectivity index (χ3n) is 3.41. The smallest absolute Gasteiger partial charge is 0.313 e. The van der Waals surface area contributed by atoms with Crippen molar-refractivity contribution in [2.75, 3.05) is 44.6 Å². The molecule has 2 rings (SSSR count). The maximum absolute atomic E-state index is 11.8. The van der Waals surface area contributed by atoms with Crippen LogP contribution in [0.2, 0.25) is 0 Å². The van der Waals surface area contributed by atoms with Gasteiger partial charge in [-0.25, -0.2) is 0 Å². The Morgan fingerprint density at radius 3 is 2.71 bits per heavy atom. The number of anilines is 1. The highest BCUT2D eigenvalue weighted by Crippen LogP contribution is 2.08. The van der Waals surface area contributed by atoms with Crippen molar-refractivity contribution in [3.05, 3.63) is 29.8 Å². The van der Waals surface area contributed by atoms with Crippen LogP contribution in [-0.4, -0.2) is 56.0 Å². The van der Waals surface area contributed by atoms with Gasteiger partial charge in [0.2, 0.25) is 0 Å². The third-order valence-corrected chi connectivity index (χ3v) is 3.41. The molecule has 1 heterocycles. The van der Waals surface area contributed by atoms with Gasteiger partial charge in [0, 0.05) is 45.0 Å². The van der Waals surface area contributed by atoms with Crippen LogP contribution in [0.1, 0.15) is 5.56 Å². The fraction of sp³-hybridized carbons (Fsp3) is 0.467. The van der Waals surface area contributed by atoms with Crippen LogP contribution < -0.4 is 16.0 Å². The SMILES string of the molecule is Cc1cccc(NC(=O)C(=O)NCCN2CCNCC2)c1. The predicted octanol–water partition coefficient (Wildman–Crippen LogP) is -0.0451. The van der Waals surface area contributed by atoms with Crippen LogP contribution in [0.3, 0.4) is 0 Å². The molecule has 6 nitrogen and oxygen atoms in total. The van der Waals surface area contributed by atoms with E-state index in [1.165, 1.54) is 0 Å². The van der Waals surface area contributed by atoms with Crippen molar-refractivity contribution in [3.8, 4) is 0 Å². The number of carbonyl (C=O) groups is 2. The summed E-state index contributed by atoms with van der Waals surface area (Å²) < 4.78 is 0. The van der Waals surface area contributed by atoms with Gasteiger partial charge in [0.1, 0.15) is 0 Å². The first-order valence-electron chi connectivity index (χ1n) is 7.24. The minimum atomic E-state index is -0.624. The molecular formula is C15H22N4O2. The van der Waals surface area contributed by atoms with Gasteiger partial charge in [-0.05, 0) is 24.6 Å². The monoisotopic (exact) mass is 290 g/mol. The lowest BCUT2D eigenvalue weighted by atomic mass is 10.2. The molecule has 1 aliphatic heterocycles. The maximum atomic E-state index is 11.8. The zero-order valence-electron chi connectivity index (χ0n) is 12.3. The highest BCUT2D eigenvalue weighted by Gasteiger charge is 2.14. The summed E-state index contributed by atoms with van der Waals surface area (Å²) in [6.07, 6.45) is 0. The van der Waals surface area contributed by atoms with E-state index in [-0.39, 0.29) is 0 Å². The topological polar surface area (TPSA) is 73.5 Å². The summed E-state index contributed by atoms with van der Waals surface area (Å²) in [6.45, 7) is 7.09. The number of amides is 2. The summed E-state index contributed by atoms with van der Waals surface area (Å²) in [7, 11) is 0. The number of carbonyl (C=O) groups excluding carboxylic acids is 2. The number of nitrogens with one attached hydrogen (secondary N) is 3. The largest absolute Gasteiger partial charge is 0.347 e. The molecular weight excluding hydrogens is 268 g/mol.